The van der Waals surface area contributed by atoms with E-state index in [1.807, 2.05) is 4.90 Å². The van der Waals surface area contributed by atoms with Gasteiger partial charge in [-0.1, -0.05) is 15.9 Å². The Bertz CT molecular complexity index is 302. The SMILES string of the molecule is O=C(c1ccco1)N1CCC(Br)CC1. The summed E-state index contributed by atoms with van der Waals surface area (Å²) in [6, 6.07) is 3.45. The lowest BCUT2D eigenvalue weighted by atomic mass is 10.1. The van der Waals surface area contributed by atoms with E-state index in [0.717, 1.165) is 25.9 Å². The van der Waals surface area contributed by atoms with Crippen LogP contribution in [0.25, 0.3) is 0 Å². The van der Waals surface area contributed by atoms with Crippen LogP contribution < -0.4 is 0 Å². The number of hydrogen-bond acceptors (Lipinski definition) is 2. The molecule has 0 unspecified atom stereocenters. The zero-order valence-corrected chi connectivity index (χ0v) is 9.37. The van der Waals surface area contributed by atoms with Crippen molar-refractivity contribution in [1.29, 1.82) is 0 Å². The second-order valence-corrected chi connectivity index (χ2v) is 4.74. The Labute approximate surface area is 91.2 Å². The molecule has 0 aliphatic carbocycles. The third-order valence-electron chi connectivity index (χ3n) is 2.44. The minimum atomic E-state index is 0.00870. The van der Waals surface area contributed by atoms with Gasteiger partial charge >= 0.3 is 0 Å². The summed E-state index contributed by atoms with van der Waals surface area (Å²) in [5, 5.41) is 0. The lowest BCUT2D eigenvalue weighted by Gasteiger charge is -2.28. The standard InChI is InChI=1S/C10H12BrNO2/c11-8-3-5-12(6-4-8)10(13)9-2-1-7-14-9/h1-2,7-8H,3-6H2. The fourth-order valence-corrected chi connectivity index (χ4v) is 2.02. The Hall–Kier alpha value is -0.770. The average Bonchev–Trinajstić information content (AvgIpc) is 2.71. The van der Waals surface area contributed by atoms with Crippen LogP contribution in [-0.4, -0.2) is 28.7 Å². The smallest absolute Gasteiger partial charge is 0.289 e. The van der Waals surface area contributed by atoms with Crippen LogP contribution in [0.3, 0.4) is 0 Å². The predicted molar refractivity (Wildman–Crippen MR) is 56.6 cm³/mol. The van der Waals surface area contributed by atoms with E-state index in [1.165, 1.54) is 6.26 Å². The van der Waals surface area contributed by atoms with Gasteiger partial charge < -0.3 is 9.32 Å². The summed E-state index contributed by atoms with van der Waals surface area (Å²) in [6.07, 6.45) is 3.57. The van der Waals surface area contributed by atoms with E-state index >= 15 is 0 Å². The summed E-state index contributed by atoms with van der Waals surface area (Å²) in [6.45, 7) is 1.63. The number of amides is 1. The normalized spacial score (nSPS) is 18.5. The van der Waals surface area contributed by atoms with Gasteiger partial charge in [-0.15, -0.1) is 0 Å². The van der Waals surface area contributed by atoms with Crippen LogP contribution in [0.2, 0.25) is 0 Å². The van der Waals surface area contributed by atoms with E-state index in [2.05, 4.69) is 15.9 Å². The summed E-state index contributed by atoms with van der Waals surface area (Å²) >= 11 is 3.55. The van der Waals surface area contributed by atoms with Crippen molar-refractivity contribution < 1.29 is 9.21 Å². The minimum Gasteiger partial charge on any atom is -0.459 e. The second kappa shape index (κ2) is 4.17. The third-order valence-corrected chi connectivity index (χ3v) is 3.36. The molecular weight excluding hydrogens is 246 g/mol. The molecule has 1 amide bonds. The molecule has 0 spiro atoms. The molecule has 2 rings (SSSR count). The molecule has 1 fully saturated rings. The fraction of sp³-hybridized carbons (Fsp3) is 0.500. The van der Waals surface area contributed by atoms with Crippen molar-refractivity contribution in [2.45, 2.75) is 17.7 Å². The maximum atomic E-state index is 11.8. The van der Waals surface area contributed by atoms with Crippen LogP contribution in [0.1, 0.15) is 23.4 Å². The molecule has 14 heavy (non-hydrogen) atoms. The number of carbonyl (C=O) groups is 1. The van der Waals surface area contributed by atoms with Gasteiger partial charge in [0.1, 0.15) is 0 Å². The zero-order valence-electron chi connectivity index (χ0n) is 7.78. The van der Waals surface area contributed by atoms with Gasteiger partial charge in [0.2, 0.25) is 0 Å². The van der Waals surface area contributed by atoms with E-state index in [9.17, 15) is 4.79 Å². The number of carbonyl (C=O) groups excluding carboxylic acids is 1. The quantitative estimate of drug-likeness (QED) is 0.724. The average molecular weight is 258 g/mol. The highest BCUT2D eigenvalue weighted by Crippen LogP contribution is 2.19. The molecular formula is C10H12BrNO2. The molecule has 76 valence electrons. The molecule has 1 aromatic heterocycles. The number of halogens is 1. The number of likely N-dealkylation sites (tertiary alicyclic amines) is 1. The molecule has 4 heteroatoms. The topological polar surface area (TPSA) is 33.5 Å². The van der Waals surface area contributed by atoms with Crippen LogP contribution in [0.5, 0.6) is 0 Å². The molecule has 1 aliphatic rings. The van der Waals surface area contributed by atoms with Gasteiger partial charge in [-0.2, -0.15) is 0 Å². The van der Waals surface area contributed by atoms with Gasteiger partial charge in [0, 0.05) is 17.9 Å². The molecule has 0 saturated carbocycles. The van der Waals surface area contributed by atoms with E-state index in [-0.39, 0.29) is 5.91 Å². The lowest BCUT2D eigenvalue weighted by Crippen LogP contribution is -2.38. The van der Waals surface area contributed by atoms with E-state index in [0.29, 0.717) is 10.6 Å². The van der Waals surface area contributed by atoms with Crippen molar-refractivity contribution >= 4 is 21.8 Å². The van der Waals surface area contributed by atoms with Crippen molar-refractivity contribution in [3.63, 3.8) is 0 Å². The van der Waals surface area contributed by atoms with Crippen molar-refractivity contribution in [2.75, 3.05) is 13.1 Å². The van der Waals surface area contributed by atoms with Gasteiger partial charge in [-0.05, 0) is 25.0 Å². The van der Waals surface area contributed by atoms with Crippen molar-refractivity contribution in [3.05, 3.63) is 24.2 Å². The molecule has 0 atom stereocenters. The molecule has 0 radical (unpaired) electrons. The van der Waals surface area contributed by atoms with Gasteiger partial charge in [0.25, 0.3) is 5.91 Å². The van der Waals surface area contributed by atoms with E-state index in [1.54, 1.807) is 12.1 Å². The highest BCUT2D eigenvalue weighted by atomic mass is 79.9. The molecule has 0 N–H and O–H groups in total. The van der Waals surface area contributed by atoms with E-state index in [4.69, 9.17) is 4.42 Å². The van der Waals surface area contributed by atoms with E-state index < -0.39 is 0 Å². The number of piperidine rings is 1. The highest BCUT2D eigenvalue weighted by molar-refractivity contribution is 9.09. The van der Waals surface area contributed by atoms with Gasteiger partial charge in [-0.3, -0.25) is 4.79 Å². The first kappa shape index (κ1) is 9.77. The van der Waals surface area contributed by atoms with Crippen LogP contribution >= 0.6 is 15.9 Å². The Morgan fingerprint density at radius 3 is 2.79 bits per heavy atom. The summed E-state index contributed by atoms with van der Waals surface area (Å²) in [7, 11) is 0. The van der Waals surface area contributed by atoms with Crippen LogP contribution in [0.15, 0.2) is 22.8 Å². The second-order valence-electron chi connectivity index (χ2n) is 3.44. The first-order chi connectivity index (χ1) is 6.77. The number of rotatable bonds is 1. The third kappa shape index (κ3) is 2.00. The molecule has 1 aromatic rings. The van der Waals surface area contributed by atoms with Crippen molar-refractivity contribution in [2.24, 2.45) is 0 Å². The molecule has 2 heterocycles. The molecule has 0 aromatic carbocycles. The Morgan fingerprint density at radius 2 is 2.21 bits per heavy atom. The summed E-state index contributed by atoms with van der Waals surface area (Å²) in [5.74, 6) is 0.451. The zero-order chi connectivity index (χ0) is 9.97. The number of furan rings is 1. The van der Waals surface area contributed by atoms with Crippen molar-refractivity contribution in [1.82, 2.24) is 4.90 Å². The molecule has 1 aliphatic heterocycles. The number of hydrogen-bond donors (Lipinski definition) is 0. The summed E-state index contributed by atoms with van der Waals surface area (Å²) < 4.78 is 5.07. The monoisotopic (exact) mass is 257 g/mol. The Balaban J connectivity index is 1.99. The largest absolute Gasteiger partial charge is 0.459 e. The maximum Gasteiger partial charge on any atom is 0.289 e. The molecule has 0 bridgehead atoms. The first-order valence-electron chi connectivity index (χ1n) is 4.74. The summed E-state index contributed by atoms with van der Waals surface area (Å²) in [4.78, 5) is 14.2. The van der Waals surface area contributed by atoms with Gasteiger partial charge in [-0.25, -0.2) is 0 Å². The minimum absolute atomic E-state index is 0.00870. The Kier molecular flexibility index (Phi) is 2.91. The van der Waals surface area contributed by atoms with Crippen LogP contribution in [-0.2, 0) is 0 Å². The maximum absolute atomic E-state index is 11.8. The van der Waals surface area contributed by atoms with Crippen LogP contribution in [0, 0.1) is 0 Å². The highest BCUT2D eigenvalue weighted by Gasteiger charge is 2.23. The summed E-state index contributed by atoms with van der Waals surface area (Å²) in [5.41, 5.74) is 0. The van der Waals surface area contributed by atoms with Crippen molar-refractivity contribution in [3.8, 4) is 0 Å². The number of nitrogens with zero attached hydrogens (tertiary/aromatic N) is 1. The molecule has 1 saturated heterocycles. The van der Waals surface area contributed by atoms with Gasteiger partial charge in [0.15, 0.2) is 5.76 Å². The lowest BCUT2D eigenvalue weighted by molar-refractivity contribution is 0.0696. The fourth-order valence-electron chi connectivity index (χ4n) is 1.61. The predicted octanol–water partition coefficient (Wildman–Crippen LogP) is 2.28. The van der Waals surface area contributed by atoms with Gasteiger partial charge in [0.05, 0.1) is 6.26 Å². The molecule has 3 nitrogen and oxygen atoms in total. The number of alkyl halides is 1. The Morgan fingerprint density at radius 1 is 1.50 bits per heavy atom. The van der Waals surface area contributed by atoms with Crippen LogP contribution in [0.4, 0.5) is 0 Å². The first-order valence-corrected chi connectivity index (χ1v) is 5.66.